The Labute approximate surface area is 67.2 Å². The highest BCUT2D eigenvalue weighted by atomic mass is 15.1. The van der Waals surface area contributed by atoms with Crippen molar-refractivity contribution in [1.29, 1.82) is 0 Å². The predicted octanol–water partition coefficient (Wildman–Crippen LogP) is 1.26. The van der Waals surface area contributed by atoms with Crippen molar-refractivity contribution in [2.24, 2.45) is 5.73 Å². The zero-order chi connectivity index (χ0) is 7.84. The zero-order valence-corrected chi connectivity index (χ0v) is 6.69. The molecule has 0 saturated carbocycles. The van der Waals surface area contributed by atoms with E-state index in [2.05, 4.69) is 11.9 Å². The molecular formula is C9H14N2. The van der Waals surface area contributed by atoms with Crippen molar-refractivity contribution in [1.82, 2.24) is 5.32 Å². The molecule has 0 saturated heterocycles. The summed E-state index contributed by atoms with van der Waals surface area (Å²) in [6.45, 7) is 3.94. The molecule has 2 aliphatic rings. The number of nitrogens with two attached hydrogens (primary N) is 1. The van der Waals surface area contributed by atoms with Gasteiger partial charge in [0.15, 0.2) is 0 Å². The minimum Gasteiger partial charge on any atom is -0.367 e. The Balaban J connectivity index is 2.32. The highest BCUT2D eigenvalue weighted by Crippen LogP contribution is 2.33. The van der Waals surface area contributed by atoms with Crippen LogP contribution in [-0.2, 0) is 0 Å². The number of allylic oxidation sites excluding steroid dienone is 1. The molecule has 0 bridgehead atoms. The summed E-state index contributed by atoms with van der Waals surface area (Å²) in [6, 6.07) is 0. The molecule has 1 heterocycles. The first-order valence-corrected chi connectivity index (χ1v) is 4.22. The third-order valence-corrected chi connectivity index (χ3v) is 2.58. The standard InChI is InChI=1S/C9H14N2/c1-6-7-4-2-3-5-8(7)9(10)11-6/h9,11H,1-5,10H2. The van der Waals surface area contributed by atoms with E-state index >= 15 is 0 Å². The molecule has 0 aromatic heterocycles. The first kappa shape index (κ1) is 6.92. The Morgan fingerprint density at radius 2 is 2.09 bits per heavy atom. The summed E-state index contributed by atoms with van der Waals surface area (Å²) in [4.78, 5) is 0. The van der Waals surface area contributed by atoms with E-state index in [1.54, 1.807) is 0 Å². The second-order valence-corrected chi connectivity index (χ2v) is 3.31. The second-order valence-electron chi connectivity index (χ2n) is 3.31. The zero-order valence-electron chi connectivity index (χ0n) is 6.69. The quantitative estimate of drug-likeness (QED) is 0.545. The minimum absolute atomic E-state index is 0.0674. The Hall–Kier alpha value is -0.760. The van der Waals surface area contributed by atoms with E-state index in [0.29, 0.717) is 0 Å². The Bertz CT molecular complexity index is 228. The summed E-state index contributed by atoms with van der Waals surface area (Å²) in [5, 5.41) is 3.17. The summed E-state index contributed by atoms with van der Waals surface area (Å²) < 4.78 is 0. The monoisotopic (exact) mass is 150 g/mol. The largest absolute Gasteiger partial charge is 0.367 e. The average Bonchev–Trinajstić information content (AvgIpc) is 2.30. The molecule has 11 heavy (non-hydrogen) atoms. The van der Waals surface area contributed by atoms with Gasteiger partial charge in [-0.1, -0.05) is 6.58 Å². The summed E-state index contributed by atoms with van der Waals surface area (Å²) in [5.41, 5.74) is 9.72. The van der Waals surface area contributed by atoms with Gasteiger partial charge in [-0.2, -0.15) is 0 Å². The van der Waals surface area contributed by atoms with Crippen LogP contribution >= 0.6 is 0 Å². The molecule has 0 aromatic rings. The molecule has 2 nitrogen and oxygen atoms in total. The number of nitrogens with one attached hydrogen (secondary N) is 1. The molecule has 3 N–H and O–H groups in total. The van der Waals surface area contributed by atoms with E-state index in [-0.39, 0.29) is 6.17 Å². The maximum absolute atomic E-state index is 5.85. The first-order chi connectivity index (χ1) is 5.29. The van der Waals surface area contributed by atoms with Gasteiger partial charge < -0.3 is 11.1 Å². The average molecular weight is 150 g/mol. The predicted molar refractivity (Wildman–Crippen MR) is 45.7 cm³/mol. The van der Waals surface area contributed by atoms with Crippen LogP contribution in [0.2, 0.25) is 0 Å². The van der Waals surface area contributed by atoms with Crippen molar-refractivity contribution >= 4 is 0 Å². The van der Waals surface area contributed by atoms with Crippen molar-refractivity contribution in [2.75, 3.05) is 0 Å². The van der Waals surface area contributed by atoms with Gasteiger partial charge in [0.1, 0.15) is 0 Å². The summed E-state index contributed by atoms with van der Waals surface area (Å²) >= 11 is 0. The lowest BCUT2D eigenvalue weighted by molar-refractivity contribution is 0.634. The molecule has 0 amide bonds. The Morgan fingerprint density at radius 1 is 1.36 bits per heavy atom. The van der Waals surface area contributed by atoms with E-state index in [0.717, 1.165) is 5.70 Å². The van der Waals surface area contributed by atoms with E-state index in [1.807, 2.05) is 0 Å². The maximum atomic E-state index is 5.85. The van der Waals surface area contributed by atoms with Gasteiger partial charge in [-0.25, -0.2) is 0 Å². The molecule has 1 aliphatic heterocycles. The van der Waals surface area contributed by atoms with Crippen LogP contribution in [0.25, 0.3) is 0 Å². The Kier molecular flexibility index (Phi) is 1.50. The van der Waals surface area contributed by atoms with Crippen molar-refractivity contribution in [3.8, 4) is 0 Å². The van der Waals surface area contributed by atoms with Crippen LogP contribution in [0.3, 0.4) is 0 Å². The first-order valence-electron chi connectivity index (χ1n) is 4.22. The summed E-state index contributed by atoms with van der Waals surface area (Å²) in [5.74, 6) is 0. The van der Waals surface area contributed by atoms with Gasteiger partial charge in [-0.15, -0.1) is 0 Å². The number of rotatable bonds is 0. The van der Waals surface area contributed by atoms with Crippen LogP contribution < -0.4 is 11.1 Å². The lowest BCUT2D eigenvalue weighted by Crippen LogP contribution is -2.33. The lowest BCUT2D eigenvalue weighted by Gasteiger charge is -2.14. The van der Waals surface area contributed by atoms with E-state index in [4.69, 9.17) is 5.73 Å². The molecule has 0 fully saturated rings. The fraction of sp³-hybridized carbons (Fsp3) is 0.556. The van der Waals surface area contributed by atoms with E-state index in [1.165, 1.54) is 36.8 Å². The SMILES string of the molecule is C=C1NC(N)C2=C1CCCC2. The third kappa shape index (κ3) is 0.979. The van der Waals surface area contributed by atoms with Crippen molar-refractivity contribution in [3.05, 3.63) is 23.4 Å². The van der Waals surface area contributed by atoms with Crippen LogP contribution in [0.4, 0.5) is 0 Å². The van der Waals surface area contributed by atoms with Crippen LogP contribution in [0.1, 0.15) is 25.7 Å². The minimum atomic E-state index is 0.0674. The number of hydrogen-bond donors (Lipinski definition) is 2. The highest BCUT2D eigenvalue weighted by Gasteiger charge is 2.26. The van der Waals surface area contributed by atoms with Crippen molar-refractivity contribution < 1.29 is 0 Å². The van der Waals surface area contributed by atoms with E-state index in [9.17, 15) is 0 Å². The van der Waals surface area contributed by atoms with Crippen molar-refractivity contribution in [2.45, 2.75) is 31.8 Å². The van der Waals surface area contributed by atoms with Gasteiger partial charge in [0, 0.05) is 5.70 Å². The molecule has 60 valence electrons. The summed E-state index contributed by atoms with van der Waals surface area (Å²) in [7, 11) is 0. The van der Waals surface area contributed by atoms with Gasteiger partial charge in [0.25, 0.3) is 0 Å². The van der Waals surface area contributed by atoms with Gasteiger partial charge in [0.05, 0.1) is 6.17 Å². The number of hydrogen-bond acceptors (Lipinski definition) is 2. The Morgan fingerprint density at radius 3 is 2.82 bits per heavy atom. The molecule has 1 unspecified atom stereocenters. The van der Waals surface area contributed by atoms with E-state index < -0.39 is 0 Å². The summed E-state index contributed by atoms with van der Waals surface area (Å²) in [6.07, 6.45) is 5.00. The van der Waals surface area contributed by atoms with Crippen molar-refractivity contribution in [3.63, 3.8) is 0 Å². The van der Waals surface area contributed by atoms with Gasteiger partial charge in [-0.05, 0) is 36.8 Å². The fourth-order valence-electron chi connectivity index (χ4n) is 1.98. The van der Waals surface area contributed by atoms with Gasteiger partial charge in [-0.3, -0.25) is 0 Å². The van der Waals surface area contributed by atoms with Crippen LogP contribution in [-0.4, -0.2) is 6.17 Å². The molecule has 2 heteroatoms. The van der Waals surface area contributed by atoms with Crippen LogP contribution in [0, 0.1) is 0 Å². The molecule has 0 radical (unpaired) electrons. The molecular weight excluding hydrogens is 136 g/mol. The highest BCUT2D eigenvalue weighted by molar-refractivity contribution is 5.42. The molecule has 1 atom stereocenters. The van der Waals surface area contributed by atoms with Gasteiger partial charge >= 0.3 is 0 Å². The fourth-order valence-corrected chi connectivity index (χ4v) is 1.98. The molecule has 1 aliphatic carbocycles. The lowest BCUT2D eigenvalue weighted by atomic mass is 9.92. The van der Waals surface area contributed by atoms with Gasteiger partial charge in [0.2, 0.25) is 0 Å². The molecule has 0 aromatic carbocycles. The van der Waals surface area contributed by atoms with Crippen LogP contribution in [0.5, 0.6) is 0 Å². The third-order valence-electron chi connectivity index (χ3n) is 2.58. The maximum Gasteiger partial charge on any atom is 0.0971 e. The molecule has 2 rings (SSSR count). The topological polar surface area (TPSA) is 38.0 Å². The normalized spacial score (nSPS) is 30.3. The molecule has 0 spiro atoms. The second kappa shape index (κ2) is 2.38. The smallest absolute Gasteiger partial charge is 0.0971 e. The van der Waals surface area contributed by atoms with Crippen LogP contribution in [0.15, 0.2) is 23.4 Å².